The van der Waals surface area contributed by atoms with Gasteiger partial charge in [-0.3, -0.25) is 14.5 Å². The molecule has 1 fully saturated rings. The van der Waals surface area contributed by atoms with Crippen molar-refractivity contribution in [3.8, 4) is 11.3 Å². The zero-order valence-corrected chi connectivity index (χ0v) is 27.8. The van der Waals surface area contributed by atoms with Crippen molar-refractivity contribution in [2.45, 2.75) is 76.4 Å². The van der Waals surface area contributed by atoms with E-state index in [9.17, 15) is 14.4 Å². The molecule has 3 aromatic rings. The van der Waals surface area contributed by atoms with E-state index in [-0.39, 0.29) is 30.8 Å². The van der Waals surface area contributed by atoms with Crippen molar-refractivity contribution in [3.05, 3.63) is 64.5 Å². The van der Waals surface area contributed by atoms with E-state index >= 15 is 0 Å². The van der Waals surface area contributed by atoms with Crippen LogP contribution in [0.2, 0.25) is 0 Å². The highest BCUT2D eigenvalue weighted by Crippen LogP contribution is 2.29. The molecule has 1 saturated heterocycles. The van der Waals surface area contributed by atoms with E-state index in [4.69, 9.17) is 9.72 Å². The molecule has 44 heavy (non-hydrogen) atoms. The van der Waals surface area contributed by atoms with Crippen LogP contribution in [0.15, 0.2) is 52.2 Å². The second-order valence-electron chi connectivity index (χ2n) is 12.1. The summed E-state index contributed by atoms with van der Waals surface area (Å²) in [6.07, 6.45) is 1.48. The van der Waals surface area contributed by atoms with Crippen LogP contribution in [0.4, 0.5) is 10.5 Å². The summed E-state index contributed by atoms with van der Waals surface area (Å²) in [4.78, 5) is 44.0. The summed E-state index contributed by atoms with van der Waals surface area (Å²) in [5.74, 6) is 0.138. The number of carbonyl (C=O) groups excluding carboxylic acids is 3. The van der Waals surface area contributed by atoms with Gasteiger partial charge in [0, 0.05) is 55.3 Å². The Balaban J connectivity index is 1.17. The summed E-state index contributed by atoms with van der Waals surface area (Å²) >= 11 is 2.94. The fraction of sp³-hybridized carbons (Fsp3) is 0.455. The summed E-state index contributed by atoms with van der Waals surface area (Å²) in [6, 6.07) is 14.3. The van der Waals surface area contributed by atoms with Gasteiger partial charge in [0.1, 0.15) is 5.60 Å². The number of aromatic nitrogens is 1. The fourth-order valence-electron chi connectivity index (χ4n) is 4.82. The topological polar surface area (TPSA) is 113 Å². The number of rotatable bonds is 11. The summed E-state index contributed by atoms with van der Waals surface area (Å²) in [5.41, 5.74) is 5.71. The Morgan fingerprint density at radius 3 is 2.55 bits per heavy atom. The quantitative estimate of drug-likeness (QED) is 0.216. The van der Waals surface area contributed by atoms with Gasteiger partial charge in [0.25, 0.3) is 0 Å². The van der Waals surface area contributed by atoms with Gasteiger partial charge < -0.3 is 20.7 Å². The molecule has 3 amide bonds. The van der Waals surface area contributed by atoms with Gasteiger partial charge in [0.2, 0.25) is 11.8 Å². The van der Waals surface area contributed by atoms with Crippen molar-refractivity contribution in [1.82, 2.24) is 20.5 Å². The maximum absolute atomic E-state index is 12.7. The number of nitrogens with one attached hydrogen (secondary N) is 3. The molecule has 9 nitrogen and oxygen atoms in total. The molecular formula is C33H43N5O4S2. The molecule has 2 aromatic carbocycles. The molecule has 0 aliphatic carbocycles. The highest BCUT2D eigenvalue weighted by atomic mass is 32.2. The Bertz CT molecular complexity index is 1440. The molecular weight excluding hydrogens is 595 g/mol. The second-order valence-corrected chi connectivity index (χ2v) is 14.2. The number of carbonyl (C=O) groups is 3. The molecule has 0 saturated carbocycles. The number of thiazole rings is 1. The van der Waals surface area contributed by atoms with Crippen molar-refractivity contribution in [3.63, 3.8) is 0 Å². The third-order valence-corrected chi connectivity index (χ3v) is 9.22. The van der Waals surface area contributed by atoms with Crippen molar-refractivity contribution in [2.75, 3.05) is 30.7 Å². The first-order valence-corrected chi connectivity index (χ1v) is 16.8. The monoisotopic (exact) mass is 637 g/mol. The predicted molar refractivity (Wildman–Crippen MR) is 178 cm³/mol. The van der Waals surface area contributed by atoms with E-state index in [1.54, 1.807) is 20.8 Å². The average molecular weight is 638 g/mol. The molecule has 236 valence electrons. The Morgan fingerprint density at radius 2 is 1.82 bits per heavy atom. The summed E-state index contributed by atoms with van der Waals surface area (Å²) in [7, 11) is 0. The zero-order valence-electron chi connectivity index (χ0n) is 26.2. The first-order valence-electron chi connectivity index (χ1n) is 15.0. The molecule has 1 aliphatic rings. The van der Waals surface area contributed by atoms with Crippen molar-refractivity contribution >= 4 is 46.7 Å². The lowest BCUT2D eigenvalue weighted by Crippen LogP contribution is -2.44. The van der Waals surface area contributed by atoms with Crippen LogP contribution in [0.5, 0.6) is 0 Å². The van der Waals surface area contributed by atoms with Gasteiger partial charge in [-0.25, -0.2) is 9.78 Å². The minimum absolute atomic E-state index is 0.0326. The molecule has 0 radical (unpaired) electrons. The van der Waals surface area contributed by atoms with Crippen LogP contribution in [0, 0.1) is 13.8 Å². The Kier molecular flexibility index (Phi) is 11.8. The van der Waals surface area contributed by atoms with E-state index in [0.717, 1.165) is 48.1 Å². The number of likely N-dealkylation sites (tertiary alicyclic amines) is 1. The highest BCUT2D eigenvalue weighted by molar-refractivity contribution is 8.01. The van der Waals surface area contributed by atoms with Crippen LogP contribution in [-0.2, 0) is 20.9 Å². The molecule has 1 aliphatic heterocycles. The van der Waals surface area contributed by atoms with Crippen LogP contribution in [0.25, 0.3) is 11.3 Å². The second kappa shape index (κ2) is 15.5. The molecule has 0 bridgehead atoms. The molecule has 1 aromatic heterocycles. The summed E-state index contributed by atoms with van der Waals surface area (Å²) in [6.45, 7) is 12.7. The lowest BCUT2D eigenvalue weighted by atomic mass is 10.0. The Labute approximate surface area is 268 Å². The number of amides is 3. The molecule has 2 heterocycles. The number of benzene rings is 2. The van der Waals surface area contributed by atoms with E-state index in [1.165, 1.54) is 39.8 Å². The number of anilines is 1. The largest absolute Gasteiger partial charge is 0.444 e. The van der Waals surface area contributed by atoms with Crippen molar-refractivity contribution in [2.24, 2.45) is 0 Å². The van der Waals surface area contributed by atoms with E-state index in [2.05, 4.69) is 52.9 Å². The first-order chi connectivity index (χ1) is 20.9. The number of hydrogen-bond donors (Lipinski definition) is 3. The lowest BCUT2D eigenvalue weighted by Gasteiger charge is -2.32. The average Bonchev–Trinajstić information content (AvgIpc) is 3.43. The van der Waals surface area contributed by atoms with Crippen molar-refractivity contribution in [1.29, 1.82) is 0 Å². The minimum atomic E-state index is -0.590. The number of ether oxygens (including phenoxy) is 1. The summed E-state index contributed by atoms with van der Waals surface area (Å²) in [5, 5.41) is 10.6. The van der Waals surface area contributed by atoms with Gasteiger partial charge in [-0.2, -0.15) is 0 Å². The van der Waals surface area contributed by atoms with E-state index < -0.39 is 11.7 Å². The van der Waals surface area contributed by atoms with Crippen molar-refractivity contribution < 1.29 is 19.1 Å². The molecule has 0 atom stereocenters. The highest BCUT2D eigenvalue weighted by Gasteiger charge is 2.21. The fourth-order valence-corrected chi connectivity index (χ4v) is 6.47. The zero-order chi connectivity index (χ0) is 31.7. The van der Waals surface area contributed by atoms with Crippen LogP contribution in [-0.4, -0.2) is 64.8 Å². The summed E-state index contributed by atoms with van der Waals surface area (Å²) < 4.78 is 6.00. The minimum Gasteiger partial charge on any atom is -0.444 e. The molecule has 4 rings (SSSR count). The van der Waals surface area contributed by atoms with Gasteiger partial charge in [0.15, 0.2) is 4.34 Å². The third kappa shape index (κ3) is 10.9. The number of alkyl carbamates (subject to hydrolysis) is 1. The number of aryl methyl sites for hydroxylation is 2. The maximum Gasteiger partial charge on any atom is 0.407 e. The molecule has 11 heteroatoms. The third-order valence-electron chi connectivity index (χ3n) is 7.20. The van der Waals surface area contributed by atoms with Crippen LogP contribution in [0.1, 0.15) is 56.7 Å². The normalized spacial score (nSPS) is 14.2. The number of nitrogens with zero attached hydrogens (tertiary/aromatic N) is 2. The van der Waals surface area contributed by atoms with Gasteiger partial charge >= 0.3 is 6.09 Å². The standard InChI is InChI=1S/C33H43N5O4S2/c1-22-9-10-24(17-23(22)2)19-38-15-12-26(13-16-38)35-30(40)21-44-32-37-28(20-43-32)25-7-6-8-27(18-25)36-29(39)11-14-34-31(41)42-33(3,4)5/h6-10,17-18,20,26H,11-16,19,21H2,1-5H3,(H,34,41)(H,35,40)(H,36,39). The van der Waals surface area contributed by atoms with Gasteiger partial charge in [0.05, 0.1) is 11.4 Å². The SMILES string of the molecule is Cc1ccc(CN2CCC(NC(=O)CSc3nc(-c4cccc(NC(=O)CCNC(=O)OC(C)(C)C)c4)cs3)CC2)cc1C. The molecule has 0 unspecified atom stereocenters. The number of hydrogen-bond acceptors (Lipinski definition) is 8. The Morgan fingerprint density at radius 1 is 1.05 bits per heavy atom. The lowest BCUT2D eigenvalue weighted by molar-refractivity contribution is -0.119. The van der Waals surface area contributed by atoms with E-state index in [1.807, 2.05) is 29.6 Å². The molecule has 3 N–H and O–H groups in total. The van der Waals surface area contributed by atoms with Crippen LogP contribution < -0.4 is 16.0 Å². The maximum atomic E-state index is 12.7. The smallest absolute Gasteiger partial charge is 0.407 e. The molecule has 0 spiro atoms. The number of piperidine rings is 1. The van der Waals surface area contributed by atoms with Gasteiger partial charge in [-0.05, 0) is 76.3 Å². The van der Waals surface area contributed by atoms with Crippen LogP contribution >= 0.6 is 23.1 Å². The predicted octanol–water partition coefficient (Wildman–Crippen LogP) is 6.15. The van der Waals surface area contributed by atoms with Gasteiger partial charge in [-0.1, -0.05) is 42.1 Å². The van der Waals surface area contributed by atoms with E-state index in [0.29, 0.717) is 11.4 Å². The Hall–Kier alpha value is -3.41. The van der Waals surface area contributed by atoms with Gasteiger partial charge in [-0.15, -0.1) is 11.3 Å². The first kappa shape index (κ1) is 33.5. The number of thioether (sulfide) groups is 1. The van der Waals surface area contributed by atoms with Crippen LogP contribution in [0.3, 0.4) is 0 Å².